The van der Waals surface area contributed by atoms with Gasteiger partial charge >= 0.3 is 0 Å². The summed E-state index contributed by atoms with van der Waals surface area (Å²) >= 11 is 6.17. The first-order chi connectivity index (χ1) is 14.5. The number of carbonyl (C=O) groups excluding carboxylic acids is 1. The Hall–Kier alpha value is -2.68. The third-order valence-electron chi connectivity index (χ3n) is 4.22. The average Bonchev–Trinajstić information content (AvgIpc) is 3.19. The van der Waals surface area contributed by atoms with Gasteiger partial charge in [-0.15, -0.1) is 0 Å². The number of nitrogens with zero attached hydrogens (tertiary/aromatic N) is 2. The summed E-state index contributed by atoms with van der Waals surface area (Å²) in [6, 6.07) is 11.4. The largest absolute Gasteiger partial charge is 0.467 e. The second-order valence-electron chi connectivity index (χ2n) is 8.10. The SMILES string of the molecule is CC(C)(C)NS(=O)(=O)c1cc(C(=O)N(Cc2cccnc2)Cc2ccco2)ccc1Cl. The number of hydrogen-bond acceptors (Lipinski definition) is 5. The number of pyridine rings is 1. The third-order valence-corrected chi connectivity index (χ3v) is 6.46. The zero-order valence-corrected chi connectivity index (χ0v) is 19.1. The second-order valence-corrected chi connectivity index (χ2v) is 10.2. The first kappa shape index (κ1) is 23.0. The van der Waals surface area contributed by atoms with Gasteiger partial charge in [-0.3, -0.25) is 9.78 Å². The van der Waals surface area contributed by atoms with Crippen molar-refractivity contribution in [2.45, 2.75) is 44.3 Å². The van der Waals surface area contributed by atoms with Crippen molar-refractivity contribution in [1.82, 2.24) is 14.6 Å². The summed E-state index contributed by atoms with van der Waals surface area (Å²) in [7, 11) is -3.92. The molecule has 0 aliphatic carbocycles. The normalized spacial score (nSPS) is 12.0. The summed E-state index contributed by atoms with van der Waals surface area (Å²) in [5, 5.41) is 0.0399. The van der Waals surface area contributed by atoms with Gasteiger partial charge in [-0.25, -0.2) is 13.1 Å². The molecule has 1 N–H and O–H groups in total. The van der Waals surface area contributed by atoms with E-state index in [-0.39, 0.29) is 34.5 Å². The minimum absolute atomic E-state index is 0.0399. The van der Waals surface area contributed by atoms with E-state index in [1.54, 1.807) is 56.3 Å². The maximum absolute atomic E-state index is 13.4. The molecule has 1 amide bonds. The quantitative estimate of drug-likeness (QED) is 0.567. The number of halogens is 1. The van der Waals surface area contributed by atoms with Crippen LogP contribution in [-0.4, -0.2) is 29.7 Å². The van der Waals surface area contributed by atoms with Crippen LogP contribution in [0.25, 0.3) is 0 Å². The second kappa shape index (κ2) is 9.21. The van der Waals surface area contributed by atoms with Crippen LogP contribution in [0, 0.1) is 0 Å². The first-order valence-corrected chi connectivity index (χ1v) is 11.5. The van der Waals surface area contributed by atoms with Crippen LogP contribution >= 0.6 is 11.6 Å². The predicted molar refractivity (Wildman–Crippen MR) is 118 cm³/mol. The summed E-state index contributed by atoms with van der Waals surface area (Å²) in [5.74, 6) is 0.248. The maximum atomic E-state index is 13.4. The Morgan fingerprint density at radius 2 is 1.94 bits per heavy atom. The molecule has 0 saturated heterocycles. The first-order valence-electron chi connectivity index (χ1n) is 9.59. The van der Waals surface area contributed by atoms with Gasteiger partial charge in [0.2, 0.25) is 10.0 Å². The van der Waals surface area contributed by atoms with Crippen molar-refractivity contribution in [2.75, 3.05) is 0 Å². The summed E-state index contributed by atoms with van der Waals surface area (Å²) < 4.78 is 33.6. The van der Waals surface area contributed by atoms with E-state index in [0.717, 1.165) is 5.56 Å². The maximum Gasteiger partial charge on any atom is 0.254 e. The molecule has 0 spiro atoms. The lowest BCUT2D eigenvalue weighted by molar-refractivity contribution is 0.0717. The van der Waals surface area contributed by atoms with Crippen LogP contribution in [0.1, 0.15) is 42.5 Å². The summed E-state index contributed by atoms with van der Waals surface area (Å²) in [6.07, 6.45) is 4.86. The van der Waals surface area contributed by atoms with Gasteiger partial charge in [0.1, 0.15) is 10.7 Å². The molecule has 164 valence electrons. The van der Waals surface area contributed by atoms with Gasteiger partial charge < -0.3 is 9.32 Å². The van der Waals surface area contributed by atoms with Crippen LogP contribution < -0.4 is 4.72 Å². The zero-order valence-electron chi connectivity index (χ0n) is 17.5. The lowest BCUT2D eigenvalue weighted by Crippen LogP contribution is -2.40. The smallest absolute Gasteiger partial charge is 0.254 e. The van der Waals surface area contributed by atoms with Crippen molar-refractivity contribution >= 4 is 27.5 Å². The molecule has 0 atom stereocenters. The van der Waals surface area contributed by atoms with Crippen LogP contribution in [0.15, 0.2) is 70.4 Å². The number of rotatable bonds is 7. The number of benzene rings is 1. The lowest BCUT2D eigenvalue weighted by Gasteiger charge is -2.23. The van der Waals surface area contributed by atoms with Crippen molar-refractivity contribution in [2.24, 2.45) is 0 Å². The molecule has 9 heteroatoms. The number of furan rings is 1. The highest BCUT2D eigenvalue weighted by Crippen LogP contribution is 2.25. The molecule has 31 heavy (non-hydrogen) atoms. The zero-order chi connectivity index (χ0) is 22.6. The highest BCUT2D eigenvalue weighted by molar-refractivity contribution is 7.89. The van der Waals surface area contributed by atoms with Gasteiger partial charge in [-0.2, -0.15) is 0 Å². The predicted octanol–water partition coefficient (Wildman–Crippen LogP) is 4.25. The lowest BCUT2D eigenvalue weighted by atomic mass is 10.1. The number of carbonyl (C=O) groups is 1. The van der Waals surface area contributed by atoms with E-state index in [2.05, 4.69) is 9.71 Å². The fourth-order valence-corrected chi connectivity index (χ4v) is 4.93. The van der Waals surface area contributed by atoms with Crippen molar-refractivity contribution in [3.05, 3.63) is 83.0 Å². The van der Waals surface area contributed by atoms with Crippen molar-refractivity contribution in [3.63, 3.8) is 0 Å². The monoisotopic (exact) mass is 461 g/mol. The Balaban J connectivity index is 1.95. The highest BCUT2D eigenvalue weighted by Gasteiger charge is 2.26. The number of aromatic nitrogens is 1. The average molecular weight is 462 g/mol. The number of hydrogen-bond donors (Lipinski definition) is 1. The number of nitrogens with one attached hydrogen (secondary N) is 1. The van der Waals surface area contributed by atoms with E-state index in [1.807, 2.05) is 6.07 Å². The fraction of sp³-hybridized carbons (Fsp3) is 0.273. The minimum atomic E-state index is -3.92. The molecule has 0 bridgehead atoms. The van der Waals surface area contributed by atoms with Gasteiger partial charge in [0, 0.05) is 30.0 Å². The van der Waals surface area contributed by atoms with E-state index in [4.69, 9.17) is 16.0 Å². The third kappa shape index (κ3) is 6.16. The topological polar surface area (TPSA) is 92.5 Å². The molecule has 0 aliphatic heterocycles. The Kier molecular flexibility index (Phi) is 6.83. The van der Waals surface area contributed by atoms with Crippen LogP contribution in [0.4, 0.5) is 0 Å². The molecular formula is C22H24ClN3O4S. The summed E-state index contributed by atoms with van der Waals surface area (Å²) in [6.45, 7) is 5.68. The molecule has 1 aromatic carbocycles. The van der Waals surface area contributed by atoms with Gasteiger partial charge in [-0.05, 0) is 62.7 Å². The molecular weight excluding hydrogens is 438 g/mol. The van der Waals surface area contributed by atoms with Gasteiger partial charge in [0.15, 0.2) is 0 Å². The van der Waals surface area contributed by atoms with Crippen LogP contribution in [-0.2, 0) is 23.1 Å². The van der Waals surface area contributed by atoms with E-state index >= 15 is 0 Å². The van der Waals surface area contributed by atoms with E-state index < -0.39 is 15.6 Å². The van der Waals surface area contributed by atoms with Crippen molar-refractivity contribution < 1.29 is 17.6 Å². The molecule has 7 nitrogen and oxygen atoms in total. The molecule has 0 saturated carbocycles. The standard InChI is InChI=1S/C22H24ClN3O4S/c1-22(2,3)25-31(28,29)20-12-17(8-9-19(20)23)21(27)26(15-18-7-5-11-30-18)14-16-6-4-10-24-13-16/h4-13,25H,14-15H2,1-3H3. The van der Waals surface area contributed by atoms with E-state index in [9.17, 15) is 13.2 Å². The minimum Gasteiger partial charge on any atom is -0.467 e. The van der Waals surface area contributed by atoms with Crippen LogP contribution in [0.3, 0.4) is 0 Å². The molecule has 3 aromatic rings. The highest BCUT2D eigenvalue weighted by atomic mass is 35.5. The van der Waals surface area contributed by atoms with E-state index in [0.29, 0.717) is 5.76 Å². The van der Waals surface area contributed by atoms with Gasteiger partial charge in [0.25, 0.3) is 5.91 Å². The van der Waals surface area contributed by atoms with Crippen LogP contribution in [0.5, 0.6) is 0 Å². The molecule has 0 fully saturated rings. The molecule has 0 radical (unpaired) electrons. The molecule has 2 heterocycles. The number of amides is 1. The van der Waals surface area contributed by atoms with Gasteiger partial charge in [-0.1, -0.05) is 17.7 Å². The molecule has 0 aliphatic rings. The molecule has 0 unspecified atom stereocenters. The Bertz CT molecular complexity index is 1140. The Labute approximate surface area is 187 Å². The van der Waals surface area contributed by atoms with Crippen molar-refractivity contribution in [1.29, 1.82) is 0 Å². The fourth-order valence-electron chi connectivity index (χ4n) is 2.99. The number of sulfonamides is 1. The molecule has 3 rings (SSSR count). The molecule has 2 aromatic heterocycles. The van der Waals surface area contributed by atoms with Crippen molar-refractivity contribution in [3.8, 4) is 0 Å². The van der Waals surface area contributed by atoms with Crippen LogP contribution in [0.2, 0.25) is 5.02 Å². The summed E-state index contributed by atoms with van der Waals surface area (Å²) in [5.41, 5.74) is 0.334. The van der Waals surface area contributed by atoms with E-state index in [1.165, 1.54) is 24.5 Å². The summed E-state index contributed by atoms with van der Waals surface area (Å²) in [4.78, 5) is 18.9. The Morgan fingerprint density at radius 1 is 1.16 bits per heavy atom. The Morgan fingerprint density at radius 3 is 2.55 bits per heavy atom. The van der Waals surface area contributed by atoms with Gasteiger partial charge in [0.05, 0.1) is 17.8 Å².